The van der Waals surface area contributed by atoms with Crippen LogP contribution in [0.15, 0.2) is 83.8 Å². The van der Waals surface area contributed by atoms with E-state index in [-0.39, 0.29) is 34.1 Å². The van der Waals surface area contributed by atoms with Crippen molar-refractivity contribution in [2.75, 3.05) is 10.8 Å². The van der Waals surface area contributed by atoms with E-state index in [0.29, 0.717) is 11.4 Å². The molecule has 0 aliphatic carbocycles. The van der Waals surface area contributed by atoms with Crippen LogP contribution in [0.5, 0.6) is 0 Å². The fraction of sp³-hybridized carbons (Fsp3) is 0.286. The average molecular weight is 577 g/mol. The lowest BCUT2D eigenvalue weighted by Crippen LogP contribution is -2.53. The monoisotopic (exact) mass is 575 g/mol. The van der Waals surface area contributed by atoms with Gasteiger partial charge in [-0.05, 0) is 56.2 Å². The first-order valence-corrected chi connectivity index (χ1v) is 14.4. The van der Waals surface area contributed by atoms with Gasteiger partial charge in [0.25, 0.3) is 10.0 Å². The van der Waals surface area contributed by atoms with Gasteiger partial charge >= 0.3 is 0 Å². The lowest BCUT2D eigenvalue weighted by Gasteiger charge is -2.33. The summed E-state index contributed by atoms with van der Waals surface area (Å²) in [6.45, 7) is 5.04. The van der Waals surface area contributed by atoms with Crippen LogP contribution in [-0.4, -0.2) is 43.8 Å². The zero-order valence-electron chi connectivity index (χ0n) is 21.5. The highest BCUT2D eigenvalue weighted by atomic mass is 35.5. The van der Waals surface area contributed by atoms with Gasteiger partial charge in [0.2, 0.25) is 11.8 Å². The van der Waals surface area contributed by atoms with E-state index < -0.39 is 28.5 Å². The van der Waals surface area contributed by atoms with Gasteiger partial charge in [0.1, 0.15) is 12.6 Å². The van der Waals surface area contributed by atoms with Crippen molar-refractivity contribution in [1.82, 2.24) is 10.2 Å². The van der Waals surface area contributed by atoms with E-state index in [1.54, 1.807) is 18.2 Å². The van der Waals surface area contributed by atoms with E-state index in [0.717, 1.165) is 9.87 Å². The molecule has 3 rings (SSSR count). The van der Waals surface area contributed by atoms with Crippen LogP contribution in [0.4, 0.5) is 5.69 Å². The maximum Gasteiger partial charge on any atom is 0.264 e. The second-order valence-corrected chi connectivity index (χ2v) is 11.7. The van der Waals surface area contributed by atoms with E-state index >= 15 is 0 Å². The Labute approximate surface area is 234 Å². The Morgan fingerprint density at radius 3 is 2.08 bits per heavy atom. The SMILES string of the molecule is CC[C@H](C(=O)NC(C)C)N(Cc1ccccc1)C(=O)CN(c1ccc(Cl)cc1Cl)S(=O)(=O)c1ccccc1. The third-order valence-electron chi connectivity index (χ3n) is 5.80. The number of sulfonamides is 1. The number of hydrogen-bond donors (Lipinski definition) is 1. The van der Waals surface area contributed by atoms with E-state index in [9.17, 15) is 18.0 Å². The van der Waals surface area contributed by atoms with E-state index in [1.807, 2.05) is 51.1 Å². The summed E-state index contributed by atoms with van der Waals surface area (Å²) < 4.78 is 28.5. The minimum atomic E-state index is -4.20. The first kappa shape index (κ1) is 29.5. The van der Waals surface area contributed by atoms with Crippen LogP contribution in [0, 0.1) is 0 Å². The molecule has 1 atom stereocenters. The molecule has 0 radical (unpaired) electrons. The molecule has 10 heteroatoms. The molecule has 2 amide bonds. The second-order valence-electron chi connectivity index (χ2n) is 9.02. The highest BCUT2D eigenvalue weighted by Gasteiger charge is 2.34. The van der Waals surface area contributed by atoms with Gasteiger partial charge in [0.05, 0.1) is 15.6 Å². The predicted octanol–water partition coefficient (Wildman–Crippen LogP) is 5.52. The Hall–Kier alpha value is -3.07. The Morgan fingerprint density at radius 2 is 1.53 bits per heavy atom. The van der Waals surface area contributed by atoms with Crippen LogP contribution < -0.4 is 9.62 Å². The van der Waals surface area contributed by atoms with Crippen molar-refractivity contribution in [2.45, 2.75) is 50.7 Å². The molecule has 0 saturated carbocycles. The number of nitrogens with one attached hydrogen (secondary N) is 1. The van der Waals surface area contributed by atoms with Crippen LogP contribution in [0.1, 0.15) is 32.8 Å². The number of nitrogens with zero attached hydrogens (tertiary/aromatic N) is 2. The molecule has 0 unspecified atom stereocenters. The number of benzene rings is 3. The first-order chi connectivity index (χ1) is 18.0. The average Bonchev–Trinajstić information content (AvgIpc) is 2.88. The number of rotatable bonds is 11. The lowest BCUT2D eigenvalue weighted by molar-refractivity contribution is -0.140. The summed E-state index contributed by atoms with van der Waals surface area (Å²) in [7, 11) is -4.20. The maximum atomic E-state index is 13.9. The number of hydrogen-bond acceptors (Lipinski definition) is 4. The smallest absolute Gasteiger partial charge is 0.264 e. The van der Waals surface area contributed by atoms with Crippen molar-refractivity contribution in [2.24, 2.45) is 0 Å². The highest BCUT2D eigenvalue weighted by molar-refractivity contribution is 7.92. The van der Waals surface area contributed by atoms with Crippen molar-refractivity contribution in [1.29, 1.82) is 0 Å². The summed E-state index contributed by atoms with van der Waals surface area (Å²) in [5.74, 6) is -0.862. The largest absolute Gasteiger partial charge is 0.352 e. The van der Waals surface area contributed by atoms with Gasteiger partial charge in [-0.3, -0.25) is 13.9 Å². The van der Waals surface area contributed by atoms with Crippen LogP contribution >= 0.6 is 23.2 Å². The van der Waals surface area contributed by atoms with Gasteiger partial charge in [0, 0.05) is 17.6 Å². The van der Waals surface area contributed by atoms with Crippen molar-refractivity contribution in [3.63, 3.8) is 0 Å². The van der Waals surface area contributed by atoms with Crippen molar-refractivity contribution < 1.29 is 18.0 Å². The van der Waals surface area contributed by atoms with Crippen LogP contribution in [0.25, 0.3) is 0 Å². The zero-order valence-corrected chi connectivity index (χ0v) is 23.8. The molecule has 1 N–H and O–H groups in total. The summed E-state index contributed by atoms with van der Waals surface area (Å²) >= 11 is 12.5. The van der Waals surface area contributed by atoms with Gasteiger partial charge in [-0.25, -0.2) is 8.42 Å². The summed E-state index contributed by atoms with van der Waals surface area (Å²) in [5, 5.41) is 3.27. The summed E-state index contributed by atoms with van der Waals surface area (Å²) in [6.07, 6.45) is 0.338. The molecule has 0 aromatic heterocycles. The molecule has 3 aromatic carbocycles. The molecule has 0 aliphatic heterocycles. The standard InChI is InChI=1S/C28H31Cl2N3O4S/c1-4-25(28(35)31-20(2)3)32(18-21-11-7-5-8-12-21)27(34)19-33(26-16-15-22(29)17-24(26)30)38(36,37)23-13-9-6-10-14-23/h5-17,20,25H,4,18-19H2,1-3H3,(H,31,35)/t25-/m1/s1. The molecule has 0 spiro atoms. The molecule has 0 fully saturated rings. The molecular formula is C28H31Cl2N3O4S. The van der Waals surface area contributed by atoms with Crippen molar-refractivity contribution in [3.8, 4) is 0 Å². The van der Waals surface area contributed by atoms with E-state index in [4.69, 9.17) is 23.2 Å². The van der Waals surface area contributed by atoms with Gasteiger partial charge < -0.3 is 10.2 Å². The number of amides is 2. The number of halogens is 2. The normalized spacial score (nSPS) is 12.2. The summed E-state index contributed by atoms with van der Waals surface area (Å²) in [6, 6.07) is 20.5. The maximum absolute atomic E-state index is 13.9. The Morgan fingerprint density at radius 1 is 0.921 bits per heavy atom. The third kappa shape index (κ3) is 7.28. The van der Waals surface area contributed by atoms with Crippen LogP contribution in [-0.2, 0) is 26.2 Å². The van der Waals surface area contributed by atoms with Crippen LogP contribution in [0.3, 0.4) is 0 Å². The minimum absolute atomic E-state index is 0.00183. The molecular weight excluding hydrogens is 545 g/mol. The summed E-state index contributed by atoms with van der Waals surface area (Å²) in [5.41, 5.74) is 0.909. The zero-order chi connectivity index (χ0) is 27.9. The Bertz CT molecular complexity index is 1350. The fourth-order valence-electron chi connectivity index (χ4n) is 4.00. The van der Waals surface area contributed by atoms with Crippen molar-refractivity contribution >= 4 is 50.7 Å². The highest BCUT2D eigenvalue weighted by Crippen LogP contribution is 2.33. The molecule has 38 heavy (non-hydrogen) atoms. The summed E-state index contributed by atoms with van der Waals surface area (Å²) in [4.78, 5) is 28.5. The van der Waals surface area contributed by atoms with Gasteiger partial charge in [-0.1, -0.05) is 78.7 Å². The Kier molecular flexibility index (Phi) is 10.2. The number of carbonyl (C=O) groups excluding carboxylic acids is 2. The minimum Gasteiger partial charge on any atom is -0.352 e. The number of carbonyl (C=O) groups is 2. The molecule has 0 saturated heterocycles. The van der Waals surface area contributed by atoms with E-state index in [1.165, 1.54) is 35.2 Å². The van der Waals surface area contributed by atoms with Gasteiger partial charge in [-0.15, -0.1) is 0 Å². The molecule has 202 valence electrons. The predicted molar refractivity (Wildman–Crippen MR) is 152 cm³/mol. The lowest BCUT2D eigenvalue weighted by atomic mass is 10.1. The van der Waals surface area contributed by atoms with Gasteiger partial charge in [0.15, 0.2) is 0 Å². The fourth-order valence-corrected chi connectivity index (χ4v) is 6.01. The first-order valence-electron chi connectivity index (χ1n) is 12.2. The third-order valence-corrected chi connectivity index (χ3v) is 8.11. The topological polar surface area (TPSA) is 86.8 Å². The molecule has 0 bridgehead atoms. The quantitative estimate of drug-likeness (QED) is 0.326. The molecule has 3 aromatic rings. The molecule has 0 heterocycles. The Balaban J connectivity index is 2.07. The second kappa shape index (κ2) is 13.1. The number of anilines is 1. The van der Waals surface area contributed by atoms with Crippen LogP contribution in [0.2, 0.25) is 10.0 Å². The van der Waals surface area contributed by atoms with Crippen molar-refractivity contribution in [3.05, 3.63) is 94.5 Å². The molecule has 0 aliphatic rings. The molecule has 7 nitrogen and oxygen atoms in total. The van der Waals surface area contributed by atoms with E-state index in [2.05, 4.69) is 5.32 Å². The van der Waals surface area contributed by atoms with Gasteiger partial charge in [-0.2, -0.15) is 0 Å².